The van der Waals surface area contributed by atoms with Crippen molar-refractivity contribution in [2.75, 3.05) is 18.1 Å². The minimum Gasteiger partial charge on any atom is -0.396 e. The predicted molar refractivity (Wildman–Crippen MR) is 92.9 cm³/mol. The topological polar surface area (TPSA) is 69.6 Å². The summed E-state index contributed by atoms with van der Waals surface area (Å²) >= 11 is 6.04. The molecule has 3 rings (SSSR count). The molecule has 1 unspecified atom stereocenters. The Morgan fingerprint density at radius 1 is 1.42 bits per heavy atom. The van der Waals surface area contributed by atoms with Gasteiger partial charge in [0.05, 0.1) is 5.92 Å². The summed E-state index contributed by atoms with van der Waals surface area (Å²) in [5.41, 5.74) is 1.72. The number of benzene rings is 1. The quantitative estimate of drug-likeness (QED) is 0.818. The van der Waals surface area contributed by atoms with Gasteiger partial charge in [0.2, 0.25) is 11.8 Å². The molecule has 24 heavy (non-hydrogen) atoms. The van der Waals surface area contributed by atoms with Crippen molar-refractivity contribution in [1.82, 2.24) is 5.32 Å². The van der Waals surface area contributed by atoms with E-state index >= 15 is 0 Å². The number of hydrogen-bond acceptors (Lipinski definition) is 3. The van der Waals surface area contributed by atoms with Gasteiger partial charge in [-0.15, -0.1) is 0 Å². The summed E-state index contributed by atoms with van der Waals surface area (Å²) < 4.78 is 0. The highest BCUT2D eigenvalue weighted by Gasteiger charge is 2.36. The van der Waals surface area contributed by atoms with Crippen molar-refractivity contribution in [3.8, 4) is 0 Å². The van der Waals surface area contributed by atoms with Gasteiger partial charge in [-0.1, -0.05) is 29.8 Å². The number of hydrogen-bond donors (Lipinski definition) is 2. The second-order valence-corrected chi connectivity index (χ2v) is 6.95. The summed E-state index contributed by atoms with van der Waals surface area (Å²) in [6.07, 6.45) is 4.75. The second kappa shape index (κ2) is 6.95. The molecular formula is C18H21ClN2O3. The summed E-state index contributed by atoms with van der Waals surface area (Å²) in [6, 6.07) is 5.36. The minimum absolute atomic E-state index is 0.0595. The second-order valence-electron chi connectivity index (χ2n) is 6.51. The Hall–Kier alpha value is -1.85. The van der Waals surface area contributed by atoms with Crippen LogP contribution in [0.5, 0.6) is 0 Å². The van der Waals surface area contributed by atoms with Gasteiger partial charge in [-0.25, -0.2) is 0 Å². The average molecular weight is 349 g/mol. The lowest BCUT2D eigenvalue weighted by Gasteiger charge is -2.20. The lowest BCUT2D eigenvalue weighted by molar-refractivity contribution is -0.126. The summed E-state index contributed by atoms with van der Waals surface area (Å²) in [5, 5.41) is 12.7. The molecule has 0 aromatic heterocycles. The normalized spacial score (nSPS) is 26.2. The lowest BCUT2D eigenvalue weighted by atomic mass is 10.1. The van der Waals surface area contributed by atoms with Crippen LogP contribution in [-0.2, 0) is 9.59 Å². The van der Waals surface area contributed by atoms with Crippen molar-refractivity contribution in [2.24, 2.45) is 11.8 Å². The molecule has 0 saturated carbocycles. The molecule has 1 heterocycles. The number of aryl methyl sites for hydroxylation is 1. The van der Waals surface area contributed by atoms with Crippen LogP contribution in [0.15, 0.2) is 30.4 Å². The van der Waals surface area contributed by atoms with Crippen LogP contribution < -0.4 is 10.2 Å². The van der Waals surface area contributed by atoms with Crippen LogP contribution in [-0.4, -0.2) is 36.1 Å². The number of nitrogens with one attached hydrogen (secondary N) is 1. The van der Waals surface area contributed by atoms with Gasteiger partial charge in [-0.3, -0.25) is 9.59 Å². The standard InChI is InChI=1S/C18H21ClN2O3/c1-11-2-4-14(19)8-16(11)21-9-13(7-17(21)23)18(24)20-15-5-3-12(6-15)10-22/h2-5,8,12-13,15,22H,6-7,9-10H2,1H3,(H,20,24)/t12-,13?,15+/m0/s1. The molecule has 3 atom stereocenters. The van der Waals surface area contributed by atoms with Gasteiger partial charge in [0, 0.05) is 42.2 Å². The van der Waals surface area contributed by atoms with Crippen molar-refractivity contribution in [2.45, 2.75) is 25.8 Å². The highest BCUT2D eigenvalue weighted by Crippen LogP contribution is 2.30. The smallest absolute Gasteiger partial charge is 0.227 e. The molecule has 2 aliphatic rings. The summed E-state index contributed by atoms with van der Waals surface area (Å²) in [6.45, 7) is 2.38. The molecular weight excluding hydrogens is 328 g/mol. The van der Waals surface area contributed by atoms with E-state index in [0.29, 0.717) is 18.0 Å². The highest BCUT2D eigenvalue weighted by molar-refractivity contribution is 6.31. The van der Waals surface area contributed by atoms with Gasteiger partial charge in [0.25, 0.3) is 0 Å². The minimum atomic E-state index is -0.363. The van der Waals surface area contributed by atoms with E-state index in [4.69, 9.17) is 16.7 Å². The number of nitrogens with zero attached hydrogens (tertiary/aromatic N) is 1. The molecule has 0 bridgehead atoms. The van der Waals surface area contributed by atoms with Gasteiger partial charge >= 0.3 is 0 Å². The van der Waals surface area contributed by atoms with E-state index in [1.54, 1.807) is 17.0 Å². The number of amides is 2. The van der Waals surface area contributed by atoms with Crippen LogP contribution in [0.4, 0.5) is 5.69 Å². The monoisotopic (exact) mass is 348 g/mol. The van der Waals surface area contributed by atoms with Crippen LogP contribution in [0.2, 0.25) is 5.02 Å². The molecule has 0 spiro atoms. The van der Waals surface area contributed by atoms with Crippen molar-refractivity contribution in [3.63, 3.8) is 0 Å². The van der Waals surface area contributed by atoms with E-state index < -0.39 is 0 Å². The summed E-state index contributed by atoms with van der Waals surface area (Å²) in [5.74, 6) is -0.432. The van der Waals surface area contributed by atoms with Crippen LogP contribution >= 0.6 is 11.6 Å². The number of rotatable bonds is 4. The molecule has 1 aliphatic carbocycles. The van der Waals surface area contributed by atoms with Crippen molar-refractivity contribution in [1.29, 1.82) is 0 Å². The maximum absolute atomic E-state index is 12.5. The molecule has 2 amide bonds. The van der Waals surface area contributed by atoms with Crippen molar-refractivity contribution in [3.05, 3.63) is 40.9 Å². The van der Waals surface area contributed by atoms with E-state index in [9.17, 15) is 9.59 Å². The van der Waals surface area contributed by atoms with Crippen molar-refractivity contribution < 1.29 is 14.7 Å². The highest BCUT2D eigenvalue weighted by atomic mass is 35.5. The Labute approximate surface area is 146 Å². The van der Waals surface area contributed by atoms with Gasteiger partial charge < -0.3 is 15.3 Å². The fraction of sp³-hybridized carbons (Fsp3) is 0.444. The Kier molecular flexibility index (Phi) is 4.92. The molecule has 5 nitrogen and oxygen atoms in total. The number of carbonyl (C=O) groups excluding carboxylic acids is 2. The molecule has 2 N–H and O–H groups in total. The van der Waals surface area contributed by atoms with Crippen LogP contribution in [0, 0.1) is 18.8 Å². The maximum Gasteiger partial charge on any atom is 0.227 e. The third kappa shape index (κ3) is 3.47. The molecule has 1 aromatic rings. The van der Waals surface area contributed by atoms with Gasteiger partial charge in [-0.05, 0) is 31.0 Å². The maximum atomic E-state index is 12.5. The Morgan fingerprint density at radius 2 is 2.21 bits per heavy atom. The van der Waals surface area contributed by atoms with Gasteiger partial charge in [-0.2, -0.15) is 0 Å². The van der Waals surface area contributed by atoms with E-state index in [2.05, 4.69) is 5.32 Å². The fourth-order valence-corrected chi connectivity index (χ4v) is 3.47. The zero-order valence-electron chi connectivity index (χ0n) is 13.5. The van der Waals surface area contributed by atoms with Crippen molar-refractivity contribution >= 4 is 29.1 Å². The first-order chi connectivity index (χ1) is 11.5. The van der Waals surface area contributed by atoms with Crippen LogP contribution in [0.1, 0.15) is 18.4 Å². The van der Waals surface area contributed by atoms with E-state index in [1.807, 2.05) is 25.1 Å². The Bertz CT molecular complexity index is 689. The van der Waals surface area contributed by atoms with Crippen LogP contribution in [0.25, 0.3) is 0 Å². The number of aliphatic hydroxyl groups is 1. The first kappa shape index (κ1) is 17.0. The molecule has 1 saturated heterocycles. The Morgan fingerprint density at radius 3 is 2.92 bits per heavy atom. The molecule has 6 heteroatoms. The van der Waals surface area contributed by atoms with E-state index in [1.165, 1.54) is 0 Å². The molecule has 0 radical (unpaired) electrons. The van der Waals surface area contributed by atoms with E-state index in [0.717, 1.165) is 11.3 Å². The third-order valence-corrected chi connectivity index (χ3v) is 4.93. The number of aliphatic hydroxyl groups excluding tert-OH is 1. The zero-order chi connectivity index (χ0) is 17.3. The predicted octanol–water partition coefficient (Wildman–Crippen LogP) is 2.05. The number of halogens is 1. The molecule has 1 aliphatic heterocycles. The van der Waals surface area contributed by atoms with Crippen LogP contribution in [0.3, 0.4) is 0 Å². The van der Waals surface area contributed by atoms with E-state index in [-0.39, 0.29) is 42.7 Å². The molecule has 1 aromatic carbocycles. The Balaban J connectivity index is 1.65. The lowest BCUT2D eigenvalue weighted by Crippen LogP contribution is -2.38. The number of anilines is 1. The molecule has 1 fully saturated rings. The SMILES string of the molecule is Cc1ccc(Cl)cc1N1CC(C(=O)N[C@@H]2C=C[C@H](CO)C2)CC1=O. The first-order valence-corrected chi connectivity index (χ1v) is 8.52. The zero-order valence-corrected chi connectivity index (χ0v) is 14.3. The fourth-order valence-electron chi connectivity index (χ4n) is 3.31. The largest absolute Gasteiger partial charge is 0.396 e. The average Bonchev–Trinajstić information content (AvgIpc) is 3.16. The molecule has 128 valence electrons. The third-order valence-electron chi connectivity index (χ3n) is 4.69. The number of carbonyl (C=O) groups is 2. The summed E-state index contributed by atoms with van der Waals surface area (Å²) in [7, 11) is 0. The van der Waals surface area contributed by atoms with Gasteiger partial charge in [0.15, 0.2) is 0 Å². The van der Waals surface area contributed by atoms with Gasteiger partial charge in [0.1, 0.15) is 0 Å². The summed E-state index contributed by atoms with van der Waals surface area (Å²) in [4.78, 5) is 26.4. The first-order valence-electron chi connectivity index (χ1n) is 8.14.